The normalized spacial score (nSPS) is 23.3. The minimum absolute atomic E-state index is 0.109. The monoisotopic (exact) mass is 215 g/mol. The maximum Gasteiger partial charge on any atom is 0.383 e. The van der Waals surface area contributed by atoms with Gasteiger partial charge in [-0.1, -0.05) is 0 Å². The molecule has 1 heterocycles. The molecule has 0 saturated carbocycles. The Hall–Kier alpha value is -0.850. The summed E-state index contributed by atoms with van der Waals surface area (Å²) in [5, 5.41) is 8.93. The number of likely N-dealkylation sites (tertiary alicyclic amines) is 1. The van der Waals surface area contributed by atoms with Crippen LogP contribution in [0.2, 0.25) is 0 Å². The van der Waals surface area contributed by atoms with Crippen molar-refractivity contribution in [2.24, 2.45) is 0 Å². The van der Waals surface area contributed by atoms with Crippen LogP contribution in [-0.4, -0.2) is 47.5 Å². The number of carbonyl (C=O) groups excluding carboxylic acids is 1. The van der Waals surface area contributed by atoms with Gasteiger partial charge in [0.2, 0.25) is 0 Å². The smallest absolute Gasteiger partial charge is 0.383 e. The Bertz CT molecular complexity index is 234. The van der Waals surface area contributed by atoms with Crippen LogP contribution in [0.1, 0.15) is 6.42 Å². The number of hydrogen-bond acceptors (Lipinski definition) is 2. The zero-order chi connectivity index (χ0) is 10.9. The molecule has 0 unspecified atom stereocenters. The van der Waals surface area contributed by atoms with E-state index in [4.69, 9.17) is 5.11 Å². The van der Waals surface area contributed by atoms with Crippen LogP contribution in [0.4, 0.5) is 17.6 Å². The average Bonchev–Trinajstić information content (AvgIpc) is 2.50. The van der Waals surface area contributed by atoms with Crippen LogP contribution >= 0.6 is 0 Å². The fourth-order valence-corrected chi connectivity index (χ4v) is 1.23. The molecule has 7 heteroatoms. The van der Waals surface area contributed by atoms with Gasteiger partial charge in [-0.25, -0.2) is 8.78 Å². The molecule has 0 aliphatic carbocycles. The van der Waals surface area contributed by atoms with E-state index < -0.39 is 24.4 Å². The molecule has 0 bridgehead atoms. The lowest BCUT2D eigenvalue weighted by Crippen LogP contribution is -2.47. The molecule has 0 aromatic rings. The summed E-state index contributed by atoms with van der Waals surface area (Å²) in [5.74, 6) is -6.56. The number of nitrogens with zero attached hydrogens (tertiary/aromatic N) is 1. The predicted molar refractivity (Wildman–Crippen MR) is 38.2 cm³/mol. The zero-order valence-corrected chi connectivity index (χ0v) is 7.09. The fraction of sp³-hybridized carbons (Fsp3) is 0.857. The molecule has 1 fully saturated rings. The van der Waals surface area contributed by atoms with Crippen LogP contribution in [0.3, 0.4) is 0 Å². The van der Waals surface area contributed by atoms with Crippen molar-refractivity contribution in [3.63, 3.8) is 0 Å². The summed E-state index contributed by atoms with van der Waals surface area (Å²) in [4.78, 5) is 11.4. The van der Waals surface area contributed by atoms with E-state index in [9.17, 15) is 22.4 Å². The number of hydrogen-bond donors (Lipinski definition) is 1. The number of alkyl halides is 4. The maximum atomic E-state index is 12.5. The number of carbonyl (C=O) groups is 1. The summed E-state index contributed by atoms with van der Waals surface area (Å²) in [5.41, 5.74) is 0. The lowest BCUT2D eigenvalue weighted by molar-refractivity contribution is -0.179. The number of amides is 1. The fourth-order valence-electron chi connectivity index (χ4n) is 1.23. The third-order valence-electron chi connectivity index (χ3n) is 2.01. The van der Waals surface area contributed by atoms with E-state index in [1.54, 1.807) is 0 Å². The van der Waals surface area contributed by atoms with E-state index in [0.29, 0.717) is 4.90 Å². The first-order valence-corrected chi connectivity index (χ1v) is 3.99. The first kappa shape index (κ1) is 11.2. The summed E-state index contributed by atoms with van der Waals surface area (Å²) < 4.78 is 48.5. The van der Waals surface area contributed by atoms with Crippen molar-refractivity contribution >= 4 is 5.91 Å². The Morgan fingerprint density at radius 1 is 1.50 bits per heavy atom. The van der Waals surface area contributed by atoms with Gasteiger partial charge in [-0.2, -0.15) is 8.78 Å². The van der Waals surface area contributed by atoms with E-state index in [0.717, 1.165) is 0 Å². The molecule has 1 amide bonds. The maximum absolute atomic E-state index is 12.5. The number of halogens is 4. The highest BCUT2D eigenvalue weighted by atomic mass is 19.3. The van der Waals surface area contributed by atoms with Gasteiger partial charge < -0.3 is 10.0 Å². The minimum Gasteiger partial charge on any atom is -0.391 e. The SMILES string of the molecule is O=C(N1CC[C@@H](O)C1)C(F)(F)C(F)F. The molecule has 1 rings (SSSR count). The van der Waals surface area contributed by atoms with Crippen molar-refractivity contribution in [2.75, 3.05) is 13.1 Å². The lowest BCUT2D eigenvalue weighted by Gasteiger charge is -2.21. The third-order valence-corrected chi connectivity index (χ3v) is 2.01. The molecule has 0 aromatic carbocycles. The zero-order valence-electron chi connectivity index (χ0n) is 7.09. The third kappa shape index (κ3) is 1.97. The molecule has 1 aliphatic heterocycles. The van der Waals surface area contributed by atoms with Gasteiger partial charge in [0, 0.05) is 13.1 Å². The van der Waals surface area contributed by atoms with Gasteiger partial charge in [-0.05, 0) is 6.42 Å². The molecule has 14 heavy (non-hydrogen) atoms. The van der Waals surface area contributed by atoms with Gasteiger partial charge in [-0.3, -0.25) is 4.79 Å². The standard InChI is InChI=1S/C7H9F4NO2/c8-5(9)7(10,11)6(14)12-2-1-4(13)3-12/h4-5,13H,1-3H2/t4-/m1/s1. The van der Waals surface area contributed by atoms with Crippen molar-refractivity contribution in [2.45, 2.75) is 24.9 Å². The Morgan fingerprint density at radius 2 is 2.07 bits per heavy atom. The van der Waals surface area contributed by atoms with E-state index in [-0.39, 0.29) is 19.5 Å². The van der Waals surface area contributed by atoms with Crippen molar-refractivity contribution in [1.82, 2.24) is 4.90 Å². The van der Waals surface area contributed by atoms with Crippen LogP contribution in [0.25, 0.3) is 0 Å². The number of rotatable bonds is 2. The summed E-state index contributed by atoms with van der Waals surface area (Å²) in [6, 6.07) is 0. The van der Waals surface area contributed by atoms with Crippen LogP contribution in [0.5, 0.6) is 0 Å². The summed E-state index contributed by atoms with van der Waals surface area (Å²) in [7, 11) is 0. The number of aliphatic hydroxyl groups is 1. The van der Waals surface area contributed by atoms with Crippen LogP contribution in [0.15, 0.2) is 0 Å². The molecule has 0 spiro atoms. The second-order valence-corrected chi connectivity index (χ2v) is 3.12. The van der Waals surface area contributed by atoms with Crippen LogP contribution < -0.4 is 0 Å². The molecule has 3 nitrogen and oxygen atoms in total. The van der Waals surface area contributed by atoms with Gasteiger partial charge >= 0.3 is 12.3 Å². The minimum atomic E-state index is -4.65. The van der Waals surface area contributed by atoms with Gasteiger partial charge in [-0.15, -0.1) is 0 Å². The average molecular weight is 215 g/mol. The Kier molecular flexibility index (Phi) is 2.98. The summed E-state index contributed by atoms with van der Waals surface area (Å²) >= 11 is 0. The summed E-state index contributed by atoms with van der Waals surface area (Å²) in [6.45, 7) is -0.413. The van der Waals surface area contributed by atoms with Crippen molar-refractivity contribution in [3.8, 4) is 0 Å². The molecule has 0 radical (unpaired) electrons. The summed E-state index contributed by atoms with van der Waals surface area (Å²) in [6.07, 6.45) is -4.76. The van der Waals surface area contributed by atoms with E-state index in [1.807, 2.05) is 0 Å². The van der Waals surface area contributed by atoms with Gasteiger partial charge in [0.15, 0.2) is 0 Å². The number of β-amino-alcohol motifs (C(OH)–C–C–N with tert-alkyl or cyclic N) is 1. The Morgan fingerprint density at radius 3 is 2.43 bits per heavy atom. The lowest BCUT2D eigenvalue weighted by atomic mass is 10.3. The molecule has 1 N–H and O–H groups in total. The molecule has 1 saturated heterocycles. The highest BCUT2D eigenvalue weighted by Crippen LogP contribution is 2.27. The molecule has 0 aromatic heterocycles. The van der Waals surface area contributed by atoms with Crippen LogP contribution in [-0.2, 0) is 4.79 Å². The molecular weight excluding hydrogens is 206 g/mol. The molecule has 1 atom stereocenters. The van der Waals surface area contributed by atoms with Gasteiger partial charge in [0.05, 0.1) is 6.10 Å². The van der Waals surface area contributed by atoms with E-state index in [2.05, 4.69) is 0 Å². The van der Waals surface area contributed by atoms with Crippen molar-refractivity contribution in [1.29, 1.82) is 0 Å². The largest absolute Gasteiger partial charge is 0.391 e. The van der Waals surface area contributed by atoms with Crippen molar-refractivity contribution < 1.29 is 27.5 Å². The molecular formula is C7H9F4NO2. The first-order chi connectivity index (χ1) is 6.35. The quantitative estimate of drug-likeness (QED) is 0.680. The second-order valence-electron chi connectivity index (χ2n) is 3.12. The molecule has 82 valence electrons. The van der Waals surface area contributed by atoms with Gasteiger partial charge in [0.25, 0.3) is 5.91 Å². The first-order valence-electron chi connectivity index (χ1n) is 3.99. The highest BCUT2D eigenvalue weighted by molar-refractivity contribution is 5.84. The van der Waals surface area contributed by atoms with E-state index >= 15 is 0 Å². The predicted octanol–water partition coefficient (Wildman–Crippen LogP) is 0.480. The number of aliphatic hydroxyl groups excluding tert-OH is 1. The van der Waals surface area contributed by atoms with Crippen molar-refractivity contribution in [3.05, 3.63) is 0 Å². The highest BCUT2D eigenvalue weighted by Gasteiger charge is 2.52. The van der Waals surface area contributed by atoms with E-state index in [1.165, 1.54) is 0 Å². The molecule has 1 aliphatic rings. The topological polar surface area (TPSA) is 40.5 Å². The van der Waals surface area contributed by atoms with Gasteiger partial charge in [0.1, 0.15) is 0 Å². The van der Waals surface area contributed by atoms with Crippen LogP contribution in [0, 0.1) is 0 Å². The Labute approximate surface area is 77.3 Å². The Balaban J connectivity index is 2.65. The second kappa shape index (κ2) is 3.72.